The van der Waals surface area contributed by atoms with E-state index in [4.69, 9.17) is 9.15 Å². The van der Waals surface area contributed by atoms with E-state index in [2.05, 4.69) is 11.9 Å². The van der Waals surface area contributed by atoms with Crippen molar-refractivity contribution < 1.29 is 23.1 Å². The Morgan fingerprint density at radius 2 is 2.06 bits per heavy atom. The van der Waals surface area contributed by atoms with Crippen molar-refractivity contribution in [3.8, 4) is 5.75 Å². The molecule has 0 radical (unpaired) electrons. The predicted molar refractivity (Wildman–Crippen MR) is 135 cm³/mol. The standard InChI is InChI=1S/C29H31FN2O4/c1-4-13-31-29(34)26-11-10-24(36-26)18-35-23-9-8-20-12-14-32(27(33)15-19(2)3)28(25(20)17-23)21-6-5-7-22(30)16-21/h4-11,16-17,19,28H,1,12-15,18H2,2-3H3,(H,31,34). The summed E-state index contributed by atoms with van der Waals surface area (Å²) in [6, 6.07) is 15.1. The Morgan fingerprint density at radius 3 is 2.81 bits per heavy atom. The minimum absolute atomic E-state index is 0.0501. The topological polar surface area (TPSA) is 71.8 Å². The molecule has 7 heteroatoms. The van der Waals surface area contributed by atoms with Crippen LogP contribution in [-0.2, 0) is 17.8 Å². The number of carbonyl (C=O) groups is 2. The van der Waals surface area contributed by atoms with Crippen LogP contribution in [0.2, 0.25) is 0 Å². The van der Waals surface area contributed by atoms with Gasteiger partial charge in [-0.3, -0.25) is 9.59 Å². The summed E-state index contributed by atoms with van der Waals surface area (Å²) in [4.78, 5) is 27.1. The van der Waals surface area contributed by atoms with Crippen molar-refractivity contribution in [3.63, 3.8) is 0 Å². The van der Waals surface area contributed by atoms with Gasteiger partial charge in [0.15, 0.2) is 5.76 Å². The highest BCUT2D eigenvalue weighted by Gasteiger charge is 2.32. The summed E-state index contributed by atoms with van der Waals surface area (Å²) in [6.07, 6.45) is 2.74. The van der Waals surface area contributed by atoms with Crippen LogP contribution in [0.5, 0.6) is 5.75 Å². The molecule has 0 saturated heterocycles. The van der Waals surface area contributed by atoms with Crippen molar-refractivity contribution in [2.24, 2.45) is 5.92 Å². The van der Waals surface area contributed by atoms with Gasteiger partial charge in [-0.15, -0.1) is 6.58 Å². The molecule has 3 aromatic rings. The molecule has 6 nitrogen and oxygen atoms in total. The lowest BCUT2D eigenvalue weighted by atomic mass is 9.87. The first-order chi connectivity index (χ1) is 17.4. The summed E-state index contributed by atoms with van der Waals surface area (Å²) in [5, 5.41) is 2.67. The zero-order valence-electron chi connectivity index (χ0n) is 20.6. The molecule has 0 spiro atoms. The largest absolute Gasteiger partial charge is 0.486 e. The van der Waals surface area contributed by atoms with Crippen LogP contribution in [0.4, 0.5) is 4.39 Å². The molecule has 188 valence electrons. The van der Waals surface area contributed by atoms with Gasteiger partial charge in [0.25, 0.3) is 5.91 Å². The number of amides is 2. The van der Waals surface area contributed by atoms with Gasteiger partial charge in [0.05, 0.1) is 6.04 Å². The van der Waals surface area contributed by atoms with E-state index in [9.17, 15) is 14.0 Å². The van der Waals surface area contributed by atoms with Crippen LogP contribution in [0.1, 0.15) is 59.3 Å². The van der Waals surface area contributed by atoms with Gasteiger partial charge in [0.2, 0.25) is 5.91 Å². The van der Waals surface area contributed by atoms with Gasteiger partial charge in [-0.1, -0.05) is 38.1 Å². The molecule has 2 heterocycles. The second kappa shape index (κ2) is 11.2. The van der Waals surface area contributed by atoms with Gasteiger partial charge in [-0.25, -0.2) is 4.39 Å². The second-order valence-corrected chi connectivity index (χ2v) is 9.31. The zero-order valence-corrected chi connectivity index (χ0v) is 20.6. The Hall–Kier alpha value is -3.87. The first kappa shape index (κ1) is 25.2. The SMILES string of the molecule is C=CCNC(=O)c1ccc(COc2ccc3c(c2)C(c2cccc(F)c2)N(C(=O)CC(C)C)CC3)o1. The molecule has 0 aliphatic carbocycles. The minimum atomic E-state index is -0.400. The van der Waals surface area contributed by atoms with E-state index in [0.717, 1.165) is 16.7 Å². The van der Waals surface area contributed by atoms with Crippen molar-refractivity contribution in [3.05, 3.63) is 101 Å². The lowest BCUT2D eigenvalue weighted by Crippen LogP contribution is -2.41. The van der Waals surface area contributed by atoms with E-state index in [0.29, 0.717) is 37.4 Å². The maximum Gasteiger partial charge on any atom is 0.287 e. The molecule has 2 amide bonds. The number of hydrogen-bond donors (Lipinski definition) is 1. The van der Waals surface area contributed by atoms with Gasteiger partial charge < -0.3 is 19.4 Å². The third kappa shape index (κ3) is 5.85. The van der Waals surface area contributed by atoms with Crippen LogP contribution in [-0.4, -0.2) is 29.8 Å². The molecule has 0 fully saturated rings. The average molecular weight is 491 g/mol. The Morgan fingerprint density at radius 1 is 1.22 bits per heavy atom. The molecule has 1 atom stereocenters. The van der Waals surface area contributed by atoms with Gasteiger partial charge >= 0.3 is 0 Å². The number of ether oxygens (including phenoxy) is 1. The van der Waals surface area contributed by atoms with Gasteiger partial charge in [-0.2, -0.15) is 0 Å². The molecule has 1 unspecified atom stereocenters. The molecule has 36 heavy (non-hydrogen) atoms. The highest BCUT2D eigenvalue weighted by molar-refractivity contribution is 5.91. The Bertz CT molecular complexity index is 1250. The fourth-order valence-corrected chi connectivity index (χ4v) is 4.44. The maximum atomic E-state index is 14.2. The number of nitrogens with zero attached hydrogens (tertiary/aromatic N) is 1. The van der Waals surface area contributed by atoms with E-state index in [-0.39, 0.29) is 35.9 Å². The van der Waals surface area contributed by atoms with Crippen LogP contribution in [0.3, 0.4) is 0 Å². The van der Waals surface area contributed by atoms with Gasteiger partial charge in [0, 0.05) is 19.5 Å². The third-order valence-electron chi connectivity index (χ3n) is 6.09. The number of carbonyl (C=O) groups excluding carboxylic acids is 2. The van der Waals surface area contributed by atoms with Crippen molar-refractivity contribution in [2.45, 2.75) is 39.3 Å². The second-order valence-electron chi connectivity index (χ2n) is 9.31. The highest BCUT2D eigenvalue weighted by atomic mass is 19.1. The highest BCUT2D eigenvalue weighted by Crippen LogP contribution is 2.38. The molecule has 4 rings (SSSR count). The number of furan rings is 1. The summed E-state index contributed by atoms with van der Waals surface area (Å²) in [5.41, 5.74) is 2.75. The molecule has 1 aliphatic heterocycles. The van der Waals surface area contributed by atoms with Crippen molar-refractivity contribution >= 4 is 11.8 Å². The summed E-state index contributed by atoms with van der Waals surface area (Å²) in [6.45, 7) is 8.66. The minimum Gasteiger partial charge on any atom is -0.486 e. The number of hydrogen-bond acceptors (Lipinski definition) is 4. The van der Waals surface area contributed by atoms with Crippen LogP contribution < -0.4 is 10.1 Å². The van der Waals surface area contributed by atoms with Crippen LogP contribution >= 0.6 is 0 Å². The molecule has 0 saturated carbocycles. The lowest BCUT2D eigenvalue weighted by Gasteiger charge is -2.38. The normalized spacial score (nSPS) is 14.9. The van der Waals surface area contributed by atoms with Crippen LogP contribution in [0.25, 0.3) is 0 Å². The van der Waals surface area contributed by atoms with Crippen molar-refractivity contribution in [1.29, 1.82) is 0 Å². The molecule has 1 N–H and O–H groups in total. The first-order valence-corrected chi connectivity index (χ1v) is 12.1. The number of rotatable bonds is 9. The molecule has 2 aromatic carbocycles. The summed E-state index contributed by atoms with van der Waals surface area (Å²) >= 11 is 0. The molecule has 0 bridgehead atoms. The number of halogens is 1. The smallest absolute Gasteiger partial charge is 0.287 e. The summed E-state index contributed by atoms with van der Waals surface area (Å²) in [7, 11) is 0. The molecular weight excluding hydrogens is 459 g/mol. The van der Waals surface area contributed by atoms with Gasteiger partial charge in [-0.05, 0) is 65.4 Å². The van der Waals surface area contributed by atoms with E-state index in [1.165, 1.54) is 12.1 Å². The first-order valence-electron chi connectivity index (χ1n) is 12.1. The van der Waals surface area contributed by atoms with Gasteiger partial charge in [0.1, 0.15) is 23.9 Å². The number of benzene rings is 2. The third-order valence-corrected chi connectivity index (χ3v) is 6.09. The Labute approximate surface area is 210 Å². The summed E-state index contributed by atoms with van der Waals surface area (Å²) < 4.78 is 25.8. The molecule has 1 aromatic heterocycles. The Balaban J connectivity index is 1.58. The average Bonchev–Trinajstić information content (AvgIpc) is 3.34. The fraction of sp³-hybridized carbons (Fsp3) is 0.310. The quantitative estimate of drug-likeness (QED) is 0.406. The van der Waals surface area contributed by atoms with E-state index >= 15 is 0 Å². The van der Waals surface area contributed by atoms with E-state index < -0.39 is 6.04 Å². The lowest BCUT2D eigenvalue weighted by molar-refractivity contribution is -0.134. The van der Waals surface area contributed by atoms with Crippen molar-refractivity contribution in [2.75, 3.05) is 13.1 Å². The van der Waals surface area contributed by atoms with Crippen LogP contribution in [0.15, 0.2) is 71.7 Å². The maximum absolute atomic E-state index is 14.2. The predicted octanol–water partition coefficient (Wildman–Crippen LogP) is 5.43. The van der Waals surface area contributed by atoms with E-state index in [1.54, 1.807) is 24.3 Å². The Kier molecular flexibility index (Phi) is 7.88. The molecular formula is C29H31FN2O4. The zero-order chi connectivity index (χ0) is 25.7. The number of fused-ring (bicyclic) bond motifs is 1. The number of nitrogens with one attached hydrogen (secondary N) is 1. The summed E-state index contributed by atoms with van der Waals surface area (Å²) in [5.74, 6) is 0.918. The van der Waals surface area contributed by atoms with Crippen molar-refractivity contribution in [1.82, 2.24) is 10.2 Å². The fourth-order valence-electron chi connectivity index (χ4n) is 4.44. The van der Waals surface area contributed by atoms with Crippen LogP contribution in [0, 0.1) is 11.7 Å². The van der Waals surface area contributed by atoms with E-state index in [1.807, 2.05) is 43.0 Å². The monoisotopic (exact) mass is 490 g/mol. The molecule has 1 aliphatic rings.